The van der Waals surface area contributed by atoms with Crippen molar-refractivity contribution in [1.82, 2.24) is 0 Å². The van der Waals surface area contributed by atoms with E-state index in [9.17, 15) is 22.8 Å². The van der Waals surface area contributed by atoms with Crippen molar-refractivity contribution >= 4 is 5.97 Å². The SMILES string of the molecule is COC(=O)c1c(C(F)(F)F)cc(=O)oc1C1CCCCC1. The molecule has 1 aliphatic carbocycles. The van der Waals surface area contributed by atoms with Crippen LogP contribution >= 0.6 is 0 Å². The third-order valence-electron chi connectivity index (χ3n) is 3.66. The molecule has 1 fully saturated rings. The highest BCUT2D eigenvalue weighted by Gasteiger charge is 2.40. The second-order valence-electron chi connectivity index (χ2n) is 5.04. The summed E-state index contributed by atoms with van der Waals surface area (Å²) in [4.78, 5) is 23.2. The van der Waals surface area contributed by atoms with Crippen molar-refractivity contribution in [2.75, 3.05) is 7.11 Å². The van der Waals surface area contributed by atoms with Crippen LogP contribution in [0.1, 0.15) is 59.7 Å². The lowest BCUT2D eigenvalue weighted by Crippen LogP contribution is -2.22. The Kier molecular flexibility index (Phi) is 4.39. The Morgan fingerprint density at radius 3 is 2.43 bits per heavy atom. The molecule has 1 aromatic heterocycles. The molecule has 21 heavy (non-hydrogen) atoms. The largest absolute Gasteiger partial charge is 0.465 e. The van der Waals surface area contributed by atoms with Gasteiger partial charge in [0.15, 0.2) is 0 Å². The third kappa shape index (κ3) is 3.28. The maximum atomic E-state index is 13.1. The van der Waals surface area contributed by atoms with E-state index in [1.165, 1.54) is 0 Å². The molecule has 1 saturated carbocycles. The summed E-state index contributed by atoms with van der Waals surface area (Å²) in [7, 11) is 0.998. The first kappa shape index (κ1) is 15.6. The van der Waals surface area contributed by atoms with Crippen LogP contribution in [-0.2, 0) is 10.9 Å². The molecule has 1 aromatic rings. The minimum absolute atomic E-state index is 0.193. The molecule has 0 radical (unpaired) electrons. The van der Waals surface area contributed by atoms with Gasteiger partial charge in [-0.25, -0.2) is 9.59 Å². The number of carbonyl (C=O) groups excluding carboxylic acids is 1. The Hall–Kier alpha value is -1.79. The smallest absolute Gasteiger partial charge is 0.417 e. The van der Waals surface area contributed by atoms with Crippen molar-refractivity contribution in [2.24, 2.45) is 0 Å². The number of hydrogen-bond acceptors (Lipinski definition) is 4. The van der Waals surface area contributed by atoms with Gasteiger partial charge in [-0.15, -0.1) is 0 Å². The van der Waals surface area contributed by atoms with E-state index in [0.717, 1.165) is 26.4 Å². The van der Waals surface area contributed by atoms with Gasteiger partial charge in [-0.1, -0.05) is 19.3 Å². The molecule has 7 heteroatoms. The number of rotatable bonds is 2. The highest BCUT2D eigenvalue weighted by molar-refractivity contribution is 5.92. The lowest BCUT2D eigenvalue weighted by Gasteiger charge is -2.23. The van der Waals surface area contributed by atoms with E-state index in [1.807, 2.05) is 0 Å². The van der Waals surface area contributed by atoms with Gasteiger partial charge in [0.25, 0.3) is 0 Å². The zero-order valence-corrected chi connectivity index (χ0v) is 11.5. The van der Waals surface area contributed by atoms with Crippen LogP contribution in [0.3, 0.4) is 0 Å². The fraction of sp³-hybridized carbons (Fsp3) is 0.571. The van der Waals surface area contributed by atoms with Crippen LogP contribution in [0.15, 0.2) is 15.3 Å². The number of ether oxygens (including phenoxy) is 1. The molecule has 0 bridgehead atoms. The number of methoxy groups -OCH3 is 1. The second-order valence-corrected chi connectivity index (χ2v) is 5.04. The van der Waals surface area contributed by atoms with E-state index >= 15 is 0 Å². The predicted molar refractivity (Wildman–Crippen MR) is 67.1 cm³/mol. The van der Waals surface area contributed by atoms with Gasteiger partial charge in [0, 0.05) is 12.0 Å². The summed E-state index contributed by atoms with van der Waals surface area (Å²) < 4.78 is 48.6. The third-order valence-corrected chi connectivity index (χ3v) is 3.66. The van der Waals surface area contributed by atoms with E-state index in [-0.39, 0.29) is 11.7 Å². The molecule has 2 rings (SSSR count). The van der Waals surface area contributed by atoms with Crippen LogP contribution in [-0.4, -0.2) is 13.1 Å². The van der Waals surface area contributed by atoms with E-state index in [4.69, 9.17) is 4.42 Å². The van der Waals surface area contributed by atoms with Crippen LogP contribution in [0.2, 0.25) is 0 Å². The van der Waals surface area contributed by atoms with Crippen molar-refractivity contribution in [3.8, 4) is 0 Å². The molecular formula is C14H15F3O4. The van der Waals surface area contributed by atoms with Crippen LogP contribution < -0.4 is 5.63 Å². The summed E-state index contributed by atoms with van der Waals surface area (Å²) >= 11 is 0. The van der Waals surface area contributed by atoms with Crippen molar-refractivity contribution in [2.45, 2.75) is 44.2 Å². The molecule has 0 saturated heterocycles. The van der Waals surface area contributed by atoms with Crippen LogP contribution in [0.25, 0.3) is 0 Å². The van der Waals surface area contributed by atoms with E-state index in [0.29, 0.717) is 18.9 Å². The first-order valence-electron chi connectivity index (χ1n) is 6.68. The molecule has 0 aliphatic heterocycles. The van der Waals surface area contributed by atoms with Crippen LogP contribution in [0, 0.1) is 0 Å². The molecule has 4 nitrogen and oxygen atoms in total. The minimum Gasteiger partial charge on any atom is -0.465 e. The summed E-state index contributed by atoms with van der Waals surface area (Å²) in [5.41, 5.74) is -3.06. The van der Waals surface area contributed by atoms with Crippen LogP contribution in [0.5, 0.6) is 0 Å². The molecule has 0 N–H and O–H groups in total. The normalized spacial score (nSPS) is 16.8. The lowest BCUT2D eigenvalue weighted by molar-refractivity contribution is -0.138. The number of alkyl halides is 3. The Morgan fingerprint density at radius 2 is 1.90 bits per heavy atom. The molecule has 0 atom stereocenters. The fourth-order valence-corrected chi connectivity index (χ4v) is 2.70. The summed E-state index contributed by atoms with van der Waals surface area (Å²) in [5.74, 6) is -1.68. The number of halogens is 3. The number of esters is 1. The van der Waals surface area contributed by atoms with Crippen molar-refractivity contribution in [3.63, 3.8) is 0 Å². The second kappa shape index (κ2) is 5.91. The van der Waals surface area contributed by atoms with E-state index in [2.05, 4.69) is 4.74 Å². The number of carbonyl (C=O) groups is 1. The highest BCUT2D eigenvalue weighted by Crippen LogP contribution is 2.39. The Labute approximate surface area is 118 Å². The van der Waals surface area contributed by atoms with Crippen molar-refractivity contribution < 1.29 is 27.1 Å². The number of hydrogen-bond donors (Lipinski definition) is 0. The summed E-state index contributed by atoms with van der Waals surface area (Å²) in [5, 5.41) is 0. The molecule has 1 heterocycles. The Morgan fingerprint density at radius 1 is 1.29 bits per heavy atom. The van der Waals surface area contributed by atoms with Gasteiger partial charge in [-0.3, -0.25) is 0 Å². The molecule has 0 aromatic carbocycles. The molecule has 0 unspecified atom stereocenters. The average Bonchev–Trinajstić information content (AvgIpc) is 2.45. The van der Waals surface area contributed by atoms with Gasteiger partial charge >= 0.3 is 17.8 Å². The van der Waals surface area contributed by atoms with Gasteiger partial charge < -0.3 is 9.15 Å². The Bertz CT molecular complexity index is 583. The predicted octanol–water partition coefficient (Wildman–Crippen LogP) is 3.49. The topological polar surface area (TPSA) is 56.5 Å². The standard InChI is InChI=1S/C14H15F3O4/c1-20-13(19)11-9(14(15,16)17)7-10(18)21-12(11)8-5-3-2-4-6-8/h7-8H,2-6H2,1H3. The molecule has 0 spiro atoms. The first-order chi connectivity index (χ1) is 9.84. The average molecular weight is 304 g/mol. The first-order valence-corrected chi connectivity index (χ1v) is 6.68. The van der Waals surface area contributed by atoms with Gasteiger partial charge in [0.05, 0.1) is 12.7 Å². The lowest BCUT2D eigenvalue weighted by atomic mass is 9.85. The molecular weight excluding hydrogens is 289 g/mol. The van der Waals surface area contributed by atoms with Gasteiger partial charge in [-0.05, 0) is 12.8 Å². The zero-order valence-electron chi connectivity index (χ0n) is 11.5. The molecule has 116 valence electrons. The maximum Gasteiger partial charge on any atom is 0.417 e. The van der Waals surface area contributed by atoms with E-state index in [1.54, 1.807) is 0 Å². The minimum atomic E-state index is -4.82. The van der Waals surface area contributed by atoms with Crippen LogP contribution in [0.4, 0.5) is 13.2 Å². The summed E-state index contributed by atoms with van der Waals surface area (Å²) in [6.07, 6.45) is -1.00. The maximum absolute atomic E-state index is 13.1. The fourth-order valence-electron chi connectivity index (χ4n) is 2.70. The van der Waals surface area contributed by atoms with E-state index < -0.39 is 28.9 Å². The molecule has 0 amide bonds. The van der Waals surface area contributed by atoms with Gasteiger partial charge in [0.1, 0.15) is 11.3 Å². The Balaban J connectivity index is 2.64. The van der Waals surface area contributed by atoms with Gasteiger partial charge in [0.2, 0.25) is 0 Å². The zero-order chi connectivity index (χ0) is 15.6. The quantitative estimate of drug-likeness (QED) is 0.785. The van der Waals surface area contributed by atoms with Crippen molar-refractivity contribution in [1.29, 1.82) is 0 Å². The monoisotopic (exact) mass is 304 g/mol. The summed E-state index contributed by atoms with van der Waals surface area (Å²) in [6, 6.07) is 0.304. The molecule has 1 aliphatic rings. The summed E-state index contributed by atoms with van der Waals surface area (Å²) in [6.45, 7) is 0. The van der Waals surface area contributed by atoms with Crippen molar-refractivity contribution in [3.05, 3.63) is 33.4 Å². The highest BCUT2D eigenvalue weighted by atomic mass is 19.4. The van der Waals surface area contributed by atoms with Gasteiger partial charge in [-0.2, -0.15) is 13.2 Å².